The number of ether oxygens (including phenoxy) is 1. The number of hydrogen-bond acceptors (Lipinski definition) is 5. The second-order valence-corrected chi connectivity index (χ2v) is 9.18. The maximum Gasteiger partial charge on any atom is 0.210 e. The van der Waals surface area contributed by atoms with Gasteiger partial charge in [0.1, 0.15) is 0 Å². The van der Waals surface area contributed by atoms with Crippen molar-refractivity contribution < 1.29 is 14.3 Å². The Morgan fingerprint density at radius 3 is 2.37 bits per heavy atom. The maximum atomic E-state index is 11.1. The molecule has 2 saturated heterocycles. The molecule has 0 bridgehead atoms. The van der Waals surface area contributed by atoms with Crippen LogP contribution in [0.4, 0.5) is 0 Å². The van der Waals surface area contributed by atoms with Gasteiger partial charge < -0.3 is 14.5 Å². The largest absolute Gasteiger partial charge is 0.378 e. The third-order valence-corrected chi connectivity index (χ3v) is 6.44. The number of halogens is 1. The Morgan fingerprint density at radius 2 is 1.87 bits per heavy atom. The summed E-state index contributed by atoms with van der Waals surface area (Å²) in [5.41, 5.74) is 2.70. The Balaban J connectivity index is 0.000000557. The topological polar surface area (TPSA) is 53.1 Å². The minimum Gasteiger partial charge on any atom is -0.378 e. The van der Waals surface area contributed by atoms with Crippen LogP contribution in [0.3, 0.4) is 0 Å². The van der Waals surface area contributed by atoms with Crippen LogP contribution >= 0.6 is 11.6 Å². The molecule has 0 saturated carbocycles. The molecule has 2 aliphatic rings. The van der Waals surface area contributed by atoms with E-state index in [0.717, 1.165) is 68.9 Å². The Bertz CT molecular complexity index is 857. The van der Waals surface area contributed by atoms with E-state index >= 15 is 0 Å². The second-order valence-electron chi connectivity index (χ2n) is 8.78. The molecule has 2 aliphatic heterocycles. The fraction of sp³-hybridized carbons (Fsp3) is 0.548. The Labute approximate surface area is 237 Å². The monoisotopic (exact) mass is 547 g/mol. The molecular formula is C31H50ClN3O3. The fourth-order valence-electron chi connectivity index (χ4n) is 3.78. The number of aldehydes is 1. The van der Waals surface area contributed by atoms with Crippen molar-refractivity contribution in [1.82, 2.24) is 14.7 Å². The second kappa shape index (κ2) is 22.6. The molecule has 2 fully saturated rings. The lowest BCUT2D eigenvalue weighted by atomic mass is 10.2. The van der Waals surface area contributed by atoms with Crippen molar-refractivity contribution in [3.8, 4) is 0 Å². The van der Waals surface area contributed by atoms with Crippen molar-refractivity contribution in [2.75, 3.05) is 46.4 Å². The number of morpholine rings is 1. The van der Waals surface area contributed by atoms with E-state index < -0.39 is 0 Å². The van der Waals surface area contributed by atoms with Crippen molar-refractivity contribution >= 4 is 24.3 Å². The van der Waals surface area contributed by atoms with Crippen LogP contribution < -0.4 is 0 Å². The third-order valence-electron chi connectivity index (χ3n) is 6.07. The molecule has 6 nitrogen and oxygen atoms in total. The van der Waals surface area contributed by atoms with Gasteiger partial charge in [-0.1, -0.05) is 88.7 Å². The first kappa shape index (κ1) is 35.6. The van der Waals surface area contributed by atoms with E-state index in [1.807, 2.05) is 56.0 Å². The number of rotatable bonds is 8. The zero-order valence-electron chi connectivity index (χ0n) is 24.5. The summed E-state index contributed by atoms with van der Waals surface area (Å²) in [6.45, 7) is 18.7. The van der Waals surface area contributed by atoms with Crippen LogP contribution in [0.1, 0.15) is 59.4 Å². The summed E-state index contributed by atoms with van der Waals surface area (Å²) in [6, 6.07) is 8.41. The maximum absolute atomic E-state index is 11.1. The summed E-state index contributed by atoms with van der Waals surface area (Å²) < 4.78 is 5.31. The van der Waals surface area contributed by atoms with E-state index in [1.54, 1.807) is 4.90 Å². The van der Waals surface area contributed by atoms with E-state index in [0.29, 0.717) is 31.4 Å². The summed E-state index contributed by atoms with van der Waals surface area (Å²) in [5.74, 6) is 0. The van der Waals surface area contributed by atoms with Crippen LogP contribution in [0.15, 0.2) is 60.5 Å². The highest BCUT2D eigenvalue weighted by Gasteiger charge is 2.20. The van der Waals surface area contributed by atoms with Gasteiger partial charge in [-0.3, -0.25) is 14.5 Å². The van der Waals surface area contributed by atoms with E-state index in [4.69, 9.17) is 16.3 Å². The number of allylic oxidation sites excluding steroid dienone is 3. The van der Waals surface area contributed by atoms with Crippen LogP contribution in [0.5, 0.6) is 0 Å². The minimum atomic E-state index is 0.499. The smallest absolute Gasteiger partial charge is 0.210 e. The highest BCUT2D eigenvalue weighted by atomic mass is 35.5. The summed E-state index contributed by atoms with van der Waals surface area (Å²) in [7, 11) is 2.13. The van der Waals surface area contributed by atoms with Gasteiger partial charge >= 0.3 is 0 Å². The molecule has 0 N–H and O–H groups in total. The molecule has 1 aromatic carbocycles. The number of piperazine rings is 1. The number of carbonyl (C=O) groups excluding carboxylic acids is 2. The van der Waals surface area contributed by atoms with Gasteiger partial charge in [-0.05, 0) is 44.9 Å². The average Bonchev–Trinajstić information content (AvgIpc) is 2.95. The number of carbonyl (C=O) groups is 2. The van der Waals surface area contributed by atoms with Crippen molar-refractivity contribution in [2.45, 2.75) is 66.3 Å². The molecule has 1 unspecified atom stereocenters. The number of likely N-dealkylation sites (N-methyl/N-ethyl adjacent to an activating group) is 1. The molecule has 214 valence electrons. The lowest BCUT2D eigenvalue weighted by Gasteiger charge is -2.35. The Hall–Kier alpha value is -2.41. The average molecular weight is 548 g/mol. The third kappa shape index (κ3) is 13.9. The van der Waals surface area contributed by atoms with Gasteiger partial charge in [0.25, 0.3) is 0 Å². The van der Waals surface area contributed by atoms with E-state index in [1.165, 1.54) is 5.56 Å². The van der Waals surface area contributed by atoms with Crippen LogP contribution in [0, 0.1) is 0 Å². The lowest BCUT2D eigenvalue weighted by Crippen LogP contribution is -2.43. The van der Waals surface area contributed by atoms with Gasteiger partial charge in [-0.25, -0.2) is 0 Å². The van der Waals surface area contributed by atoms with E-state index in [9.17, 15) is 9.59 Å². The van der Waals surface area contributed by atoms with Crippen molar-refractivity contribution in [3.05, 3.63) is 71.1 Å². The zero-order valence-corrected chi connectivity index (χ0v) is 25.3. The number of unbranched alkanes of at least 4 members (excludes halogenated alkanes) is 2. The molecule has 2 heterocycles. The number of hydrogen-bond donors (Lipinski definition) is 0. The number of nitrogens with zero attached hydrogens (tertiary/aromatic N) is 3. The van der Waals surface area contributed by atoms with Gasteiger partial charge in [0, 0.05) is 30.4 Å². The summed E-state index contributed by atoms with van der Waals surface area (Å²) in [4.78, 5) is 27.6. The first-order valence-electron chi connectivity index (χ1n) is 13.9. The standard InChI is InChI=1S/C13H20N2O2.C8H9Cl.C8H15NO.C2H6/c1-3-4-5-6-13(10-16)15-8-7-14(11-17)9-12(15)2;1-2-7-5-3-4-6-8(7)9;1-3-4-8-7-10-6-5-9(8)2;1-2/h6,10-11H,2-5,7-9H2,1H3;3-6H,2H2,1H3;3-4,8H,5-7H2,1-2H3;1-2H3/b13-6-;;4-3+;. The number of amides is 1. The van der Waals surface area contributed by atoms with Crippen LogP contribution in [0.25, 0.3) is 0 Å². The van der Waals surface area contributed by atoms with Gasteiger partial charge in [-0.15, -0.1) is 0 Å². The minimum absolute atomic E-state index is 0.499. The quantitative estimate of drug-likeness (QED) is 0.164. The highest BCUT2D eigenvalue weighted by molar-refractivity contribution is 6.31. The van der Waals surface area contributed by atoms with Gasteiger partial charge in [-0.2, -0.15) is 0 Å². The molecule has 1 amide bonds. The Kier molecular flexibility index (Phi) is 21.1. The van der Waals surface area contributed by atoms with Crippen molar-refractivity contribution in [3.63, 3.8) is 0 Å². The zero-order chi connectivity index (χ0) is 28.8. The van der Waals surface area contributed by atoms with Crippen molar-refractivity contribution in [1.29, 1.82) is 0 Å². The molecule has 0 spiro atoms. The van der Waals surface area contributed by atoms with Gasteiger partial charge in [0.15, 0.2) is 6.29 Å². The molecule has 1 atom stereocenters. The summed E-state index contributed by atoms with van der Waals surface area (Å²) in [5, 5.41) is 0.875. The molecule has 0 aromatic heterocycles. The molecule has 7 heteroatoms. The van der Waals surface area contributed by atoms with Crippen LogP contribution in [-0.4, -0.2) is 79.9 Å². The number of benzene rings is 1. The SMILES string of the molecule is C/C=C/C1COCCN1C.C=C1CN(C=O)CCN1/C(C=O)=C\CCCC.CC.CCc1ccccc1Cl. The van der Waals surface area contributed by atoms with E-state index in [2.05, 4.69) is 44.5 Å². The summed E-state index contributed by atoms with van der Waals surface area (Å²) >= 11 is 5.82. The van der Waals surface area contributed by atoms with Gasteiger partial charge in [0.05, 0.1) is 31.5 Å². The molecule has 38 heavy (non-hydrogen) atoms. The normalized spacial score (nSPS) is 17.9. The molecule has 0 aliphatic carbocycles. The highest BCUT2D eigenvalue weighted by Crippen LogP contribution is 2.17. The first-order chi connectivity index (χ1) is 18.4. The van der Waals surface area contributed by atoms with Crippen LogP contribution in [-0.2, 0) is 20.7 Å². The van der Waals surface area contributed by atoms with E-state index in [-0.39, 0.29) is 0 Å². The molecule has 3 rings (SSSR count). The van der Waals surface area contributed by atoms with Gasteiger partial charge in [0.2, 0.25) is 6.41 Å². The van der Waals surface area contributed by atoms with Crippen molar-refractivity contribution in [2.24, 2.45) is 0 Å². The summed E-state index contributed by atoms with van der Waals surface area (Å²) in [6.07, 6.45) is 12.0. The predicted molar refractivity (Wildman–Crippen MR) is 161 cm³/mol. The van der Waals surface area contributed by atoms with Crippen LogP contribution in [0.2, 0.25) is 5.02 Å². The fourth-order valence-corrected chi connectivity index (χ4v) is 4.05. The predicted octanol–water partition coefficient (Wildman–Crippen LogP) is 6.37. The molecular weight excluding hydrogens is 498 g/mol. The lowest BCUT2D eigenvalue weighted by molar-refractivity contribution is -0.118. The first-order valence-corrected chi connectivity index (χ1v) is 14.2. The Morgan fingerprint density at radius 1 is 1.16 bits per heavy atom. The number of aryl methyl sites for hydroxylation is 1. The molecule has 0 radical (unpaired) electrons. The molecule has 1 aromatic rings.